The van der Waals surface area contributed by atoms with Gasteiger partial charge in [0.1, 0.15) is 5.52 Å². The minimum absolute atomic E-state index is 0.949. The van der Waals surface area contributed by atoms with Gasteiger partial charge in [0, 0.05) is 51.8 Å². The molecule has 5 aromatic heterocycles. The van der Waals surface area contributed by atoms with Crippen LogP contribution < -0.4 is 0 Å². The van der Waals surface area contributed by atoms with Crippen molar-refractivity contribution in [2.75, 3.05) is 0 Å². The Hall–Kier alpha value is -4.33. The lowest BCUT2D eigenvalue weighted by Crippen LogP contribution is -1.82. The molecule has 0 N–H and O–H groups in total. The molecule has 0 aliphatic carbocycles. The van der Waals surface area contributed by atoms with Crippen LogP contribution in [0.15, 0.2) is 115 Å². The highest BCUT2D eigenvalue weighted by atomic mass is 32.1. The second-order valence-electron chi connectivity index (χ2n) is 7.82. The normalized spacial score (nSPS) is 10.8. The van der Waals surface area contributed by atoms with Crippen LogP contribution in [0.3, 0.4) is 0 Å². The highest BCUT2D eigenvalue weighted by molar-refractivity contribution is 7.21. The minimum Gasteiger partial charge on any atom is -0.256 e. The molecule has 0 radical (unpaired) electrons. The number of para-hydroxylation sites is 3. The van der Waals surface area contributed by atoms with Crippen molar-refractivity contribution in [1.29, 1.82) is 0 Å². The van der Waals surface area contributed by atoms with Gasteiger partial charge in [0.15, 0.2) is 0 Å². The largest absolute Gasteiger partial charge is 0.256 e. The van der Waals surface area contributed by atoms with Crippen molar-refractivity contribution < 1.29 is 0 Å². The number of hydrogen-bond donors (Lipinski definition) is 0. The van der Waals surface area contributed by atoms with E-state index in [0.717, 1.165) is 27.6 Å². The van der Waals surface area contributed by atoms with E-state index in [4.69, 9.17) is 0 Å². The fraction of sp³-hybridized carbons (Fsp3) is 0. The number of thiophene rings is 2. The van der Waals surface area contributed by atoms with Crippen LogP contribution in [-0.4, -0.2) is 24.9 Å². The van der Waals surface area contributed by atoms with Gasteiger partial charge in [0.25, 0.3) is 0 Å². The highest BCUT2D eigenvalue weighted by Crippen LogP contribution is 2.38. The Balaban J connectivity index is 0.000000105. The molecule has 0 aliphatic rings. The van der Waals surface area contributed by atoms with Crippen LogP contribution in [0.1, 0.15) is 0 Å². The Bertz CT molecular complexity index is 1660. The lowest BCUT2D eigenvalue weighted by atomic mass is 10.1. The molecule has 0 aliphatic heterocycles. The maximum atomic E-state index is 4.46. The van der Waals surface area contributed by atoms with Gasteiger partial charge < -0.3 is 0 Å². The van der Waals surface area contributed by atoms with Gasteiger partial charge in [-0.3, -0.25) is 24.9 Å². The van der Waals surface area contributed by atoms with Crippen molar-refractivity contribution in [2.24, 2.45) is 0 Å². The average molecular weight is 502 g/mol. The van der Waals surface area contributed by atoms with E-state index in [9.17, 15) is 0 Å². The summed E-state index contributed by atoms with van der Waals surface area (Å²) in [7, 11) is 0. The Labute approximate surface area is 214 Å². The second kappa shape index (κ2) is 10.1. The fourth-order valence-corrected chi connectivity index (χ4v) is 5.89. The first-order valence-electron chi connectivity index (χ1n) is 11.3. The van der Waals surface area contributed by atoms with Gasteiger partial charge in [0.05, 0.1) is 26.8 Å². The predicted octanol–water partition coefficient (Wildman–Crippen LogP) is 7.92. The summed E-state index contributed by atoms with van der Waals surface area (Å²) in [6.07, 6.45) is 8.73. The first-order valence-corrected chi connectivity index (χ1v) is 13.1. The zero-order valence-corrected chi connectivity index (χ0v) is 20.7. The van der Waals surface area contributed by atoms with Gasteiger partial charge in [-0.15, -0.1) is 22.7 Å². The van der Waals surface area contributed by atoms with Gasteiger partial charge in [-0.1, -0.05) is 36.4 Å². The maximum Gasteiger partial charge on any atom is 0.107 e. The number of hydrogen-bond acceptors (Lipinski definition) is 7. The molecule has 0 atom stereocenters. The summed E-state index contributed by atoms with van der Waals surface area (Å²) in [4.78, 5) is 21.3. The lowest BCUT2D eigenvalue weighted by molar-refractivity contribution is 1.29. The van der Waals surface area contributed by atoms with E-state index in [2.05, 4.69) is 59.9 Å². The molecule has 3 aromatic carbocycles. The van der Waals surface area contributed by atoms with E-state index in [-0.39, 0.29) is 0 Å². The molecule has 172 valence electrons. The Morgan fingerprint density at radius 1 is 0.417 bits per heavy atom. The first kappa shape index (κ1) is 22.2. The molecule has 0 saturated heterocycles. The van der Waals surface area contributed by atoms with Crippen LogP contribution in [0.2, 0.25) is 0 Å². The maximum absolute atomic E-state index is 4.46. The summed E-state index contributed by atoms with van der Waals surface area (Å²) < 4.78 is 2.57. The van der Waals surface area contributed by atoms with Crippen LogP contribution in [0.4, 0.5) is 0 Å². The van der Waals surface area contributed by atoms with Gasteiger partial charge >= 0.3 is 0 Å². The molecule has 8 rings (SSSR count). The molecule has 0 spiro atoms. The molecule has 0 bridgehead atoms. The van der Waals surface area contributed by atoms with Crippen molar-refractivity contribution in [2.45, 2.75) is 0 Å². The Morgan fingerprint density at radius 3 is 1.72 bits per heavy atom. The summed E-state index contributed by atoms with van der Waals surface area (Å²) in [5.74, 6) is 0. The molecule has 0 amide bonds. The topological polar surface area (TPSA) is 64.5 Å². The van der Waals surface area contributed by atoms with E-state index in [0.29, 0.717) is 0 Å². The van der Waals surface area contributed by atoms with Crippen LogP contribution in [0.25, 0.3) is 53.1 Å². The van der Waals surface area contributed by atoms with E-state index >= 15 is 0 Å². The summed E-state index contributed by atoms with van der Waals surface area (Å²) in [6, 6.07) is 24.2. The lowest BCUT2D eigenvalue weighted by Gasteiger charge is -2.00. The van der Waals surface area contributed by atoms with Gasteiger partial charge in [-0.25, -0.2) is 0 Å². The highest BCUT2D eigenvalue weighted by Gasteiger charge is 2.11. The second-order valence-corrected chi connectivity index (χ2v) is 9.65. The fourth-order valence-electron chi connectivity index (χ4n) is 4.00. The van der Waals surface area contributed by atoms with Crippen molar-refractivity contribution in [3.8, 4) is 0 Å². The smallest absolute Gasteiger partial charge is 0.107 e. The molecule has 36 heavy (non-hydrogen) atoms. The summed E-state index contributed by atoms with van der Waals surface area (Å²) in [5, 5.41) is 7.97. The van der Waals surface area contributed by atoms with E-state index < -0.39 is 0 Å². The number of fused-ring (bicyclic) bond motifs is 8. The Kier molecular flexibility index (Phi) is 6.22. The van der Waals surface area contributed by atoms with Gasteiger partial charge in [0.2, 0.25) is 0 Å². The zero-order chi connectivity index (χ0) is 24.2. The Morgan fingerprint density at radius 2 is 0.972 bits per heavy atom. The van der Waals surface area contributed by atoms with Gasteiger partial charge in [-0.05, 0) is 47.2 Å². The molecule has 7 heteroatoms. The van der Waals surface area contributed by atoms with Crippen molar-refractivity contribution in [1.82, 2.24) is 24.9 Å². The number of pyridine rings is 1. The van der Waals surface area contributed by atoms with Gasteiger partial charge in [-0.2, -0.15) is 0 Å². The standard InChI is InChI=1S/C12H6N2S2.C9H7N.C8H6N2/c1-5-15-11-7(1)9-10(14-4-3-13-9)12-8(11)2-6-16-12;1-2-6-9-8(4-1)5-3-7-10-9;1-2-4-8-7(3-1)9-5-6-10-8/h1-6H;1-7H;1-6H. The van der Waals surface area contributed by atoms with Crippen LogP contribution in [0, 0.1) is 0 Å². The number of nitrogens with zero attached hydrogens (tertiary/aromatic N) is 5. The summed E-state index contributed by atoms with van der Waals surface area (Å²) in [6.45, 7) is 0. The monoisotopic (exact) mass is 501 g/mol. The first-order chi connectivity index (χ1) is 17.9. The van der Waals surface area contributed by atoms with Crippen molar-refractivity contribution in [3.63, 3.8) is 0 Å². The molecule has 5 heterocycles. The molecular weight excluding hydrogens is 482 g/mol. The molecule has 8 aromatic rings. The third kappa shape index (κ3) is 4.37. The van der Waals surface area contributed by atoms with E-state index in [1.165, 1.54) is 25.6 Å². The molecule has 0 saturated carbocycles. The molecular formula is C29H19N5S2. The third-order valence-electron chi connectivity index (χ3n) is 5.63. The van der Waals surface area contributed by atoms with Crippen LogP contribution >= 0.6 is 22.7 Å². The number of benzene rings is 3. The zero-order valence-electron chi connectivity index (χ0n) is 19.0. The van der Waals surface area contributed by atoms with Crippen molar-refractivity contribution >= 4 is 75.8 Å². The third-order valence-corrected chi connectivity index (χ3v) is 7.50. The number of aromatic nitrogens is 5. The predicted molar refractivity (Wildman–Crippen MR) is 152 cm³/mol. The number of rotatable bonds is 0. The average Bonchev–Trinajstić information content (AvgIpc) is 3.65. The SMILES string of the molecule is c1ccc2ncccc2c1.c1ccc2nccnc2c1.c1cnc2c(n1)c1ccsc1c1ccsc12. The van der Waals surface area contributed by atoms with E-state index in [1.54, 1.807) is 47.5 Å². The van der Waals surface area contributed by atoms with Crippen molar-refractivity contribution in [3.05, 3.63) is 115 Å². The molecule has 5 nitrogen and oxygen atoms in total. The summed E-state index contributed by atoms with van der Waals surface area (Å²) in [5.41, 5.74) is 5.01. The minimum atomic E-state index is 0.949. The molecule has 0 unspecified atom stereocenters. The summed E-state index contributed by atoms with van der Waals surface area (Å²) >= 11 is 3.51. The molecule has 0 fully saturated rings. The van der Waals surface area contributed by atoms with E-state index in [1.807, 2.05) is 54.7 Å². The van der Waals surface area contributed by atoms with Crippen LogP contribution in [0.5, 0.6) is 0 Å². The quantitative estimate of drug-likeness (QED) is 0.211. The van der Waals surface area contributed by atoms with Crippen LogP contribution in [-0.2, 0) is 0 Å².